The SMILES string of the molecule is CC(=O)Nc1ccc(SC[C@H]2C[C@@H](c3ccc(CO)cc3)O[C@@H](c3cccc(-c4cccc(CNC(=O)NCc5ccccc5)c4)c3)O2)cc1. The van der Waals surface area contributed by atoms with Crippen LogP contribution in [0.5, 0.6) is 0 Å². The lowest BCUT2D eigenvalue weighted by Gasteiger charge is -2.36. The number of ether oxygens (including phenoxy) is 2. The van der Waals surface area contributed by atoms with Crippen LogP contribution in [0.25, 0.3) is 11.1 Å². The molecule has 0 aromatic heterocycles. The summed E-state index contributed by atoms with van der Waals surface area (Å²) in [6.45, 7) is 2.35. The van der Waals surface area contributed by atoms with Crippen molar-refractivity contribution in [3.05, 3.63) is 155 Å². The van der Waals surface area contributed by atoms with Crippen molar-refractivity contribution in [3.8, 4) is 11.1 Å². The van der Waals surface area contributed by atoms with Crippen molar-refractivity contribution in [2.75, 3.05) is 11.1 Å². The van der Waals surface area contributed by atoms with E-state index in [9.17, 15) is 14.7 Å². The summed E-state index contributed by atoms with van der Waals surface area (Å²) in [6, 6.07) is 41.6. The monoisotopic (exact) mass is 687 g/mol. The topological polar surface area (TPSA) is 109 Å². The third-order valence-electron chi connectivity index (χ3n) is 8.39. The van der Waals surface area contributed by atoms with Gasteiger partial charge in [-0.05, 0) is 69.8 Å². The Morgan fingerprint density at radius 1 is 0.720 bits per heavy atom. The summed E-state index contributed by atoms with van der Waals surface area (Å²) in [7, 11) is 0. The standard InChI is InChI=1S/C41H41N3O5S/c1-28(46)44-36-17-19-38(20-18-36)50-27-37-23-39(32-15-13-30(26-45)14-16-32)49-40(48-37)35-12-6-11-34(22-35)33-10-5-9-31(21-33)25-43-41(47)42-24-29-7-3-2-4-8-29/h2-22,37,39-40,45H,23-27H2,1H3,(H,44,46)(H2,42,43,47)/t37-,39+,40+/m1/s1. The van der Waals surface area contributed by atoms with Gasteiger partial charge in [-0.3, -0.25) is 4.79 Å². The molecule has 1 heterocycles. The Morgan fingerprint density at radius 3 is 2.12 bits per heavy atom. The van der Waals surface area contributed by atoms with Gasteiger partial charge in [-0.25, -0.2) is 4.79 Å². The normalized spacial score (nSPS) is 17.1. The largest absolute Gasteiger partial charge is 0.392 e. The van der Waals surface area contributed by atoms with Crippen LogP contribution in [0.15, 0.2) is 132 Å². The molecule has 0 saturated carbocycles. The van der Waals surface area contributed by atoms with Gasteiger partial charge < -0.3 is 30.5 Å². The van der Waals surface area contributed by atoms with Crippen LogP contribution in [0.2, 0.25) is 0 Å². The van der Waals surface area contributed by atoms with Crippen molar-refractivity contribution in [1.29, 1.82) is 0 Å². The number of carbonyl (C=O) groups excluding carboxylic acids is 2. The second kappa shape index (κ2) is 17.1. The van der Waals surface area contributed by atoms with Crippen molar-refractivity contribution in [2.45, 2.75) is 56.4 Å². The number of hydrogen-bond donors (Lipinski definition) is 4. The molecule has 9 heteroatoms. The van der Waals surface area contributed by atoms with Crippen LogP contribution < -0.4 is 16.0 Å². The Hall–Kier alpha value is -4.93. The zero-order chi connectivity index (χ0) is 34.7. The number of nitrogens with one attached hydrogen (secondary N) is 3. The van der Waals surface area contributed by atoms with Gasteiger partial charge in [0.2, 0.25) is 5.91 Å². The Kier molecular flexibility index (Phi) is 12.0. The smallest absolute Gasteiger partial charge is 0.315 e. The van der Waals surface area contributed by atoms with E-state index >= 15 is 0 Å². The third kappa shape index (κ3) is 9.83. The molecule has 0 radical (unpaired) electrons. The fourth-order valence-corrected chi connectivity index (χ4v) is 6.72. The van der Waals surface area contributed by atoms with E-state index in [-0.39, 0.29) is 30.8 Å². The van der Waals surface area contributed by atoms with Gasteiger partial charge in [0.05, 0.1) is 18.8 Å². The summed E-state index contributed by atoms with van der Waals surface area (Å²) in [5.74, 6) is 0.621. The number of rotatable bonds is 12. The molecule has 1 aliphatic heterocycles. The summed E-state index contributed by atoms with van der Waals surface area (Å²) < 4.78 is 13.2. The number of amides is 3. The number of thioether (sulfide) groups is 1. The van der Waals surface area contributed by atoms with Gasteiger partial charge in [0.15, 0.2) is 6.29 Å². The van der Waals surface area contributed by atoms with E-state index in [1.54, 1.807) is 11.8 Å². The Balaban J connectivity index is 1.14. The maximum Gasteiger partial charge on any atom is 0.315 e. The van der Waals surface area contributed by atoms with Gasteiger partial charge in [0, 0.05) is 48.3 Å². The molecule has 6 rings (SSSR count). The van der Waals surface area contributed by atoms with Gasteiger partial charge >= 0.3 is 6.03 Å². The van der Waals surface area contributed by atoms with Crippen molar-refractivity contribution in [1.82, 2.24) is 10.6 Å². The molecule has 3 atom stereocenters. The van der Waals surface area contributed by atoms with E-state index in [4.69, 9.17) is 9.47 Å². The van der Waals surface area contributed by atoms with Crippen LogP contribution in [0, 0.1) is 0 Å². The number of carbonyl (C=O) groups is 2. The van der Waals surface area contributed by atoms with Crippen molar-refractivity contribution in [2.24, 2.45) is 0 Å². The minimum atomic E-state index is -0.586. The molecule has 3 amide bonds. The predicted octanol–water partition coefficient (Wildman–Crippen LogP) is 8.14. The molecule has 1 aliphatic rings. The van der Waals surface area contributed by atoms with Gasteiger partial charge in [0.1, 0.15) is 0 Å². The second-order valence-corrected chi connectivity index (χ2v) is 13.3. The summed E-state index contributed by atoms with van der Waals surface area (Å²) in [5.41, 5.74) is 7.64. The zero-order valence-electron chi connectivity index (χ0n) is 27.9. The van der Waals surface area contributed by atoms with E-state index in [1.807, 2.05) is 103 Å². The minimum absolute atomic E-state index is 0.0109. The fourth-order valence-electron chi connectivity index (χ4n) is 5.80. The highest BCUT2D eigenvalue weighted by Gasteiger charge is 2.32. The number of hydrogen-bond acceptors (Lipinski definition) is 6. The molecule has 50 heavy (non-hydrogen) atoms. The Bertz CT molecular complexity index is 1870. The third-order valence-corrected chi connectivity index (χ3v) is 9.54. The second-order valence-electron chi connectivity index (χ2n) is 12.2. The molecule has 1 saturated heterocycles. The predicted molar refractivity (Wildman–Crippen MR) is 197 cm³/mol. The lowest BCUT2D eigenvalue weighted by Crippen LogP contribution is -2.34. The van der Waals surface area contributed by atoms with E-state index in [1.165, 1.54) is 6.92 Å². The average molecular weight is 688 g/mol. The Labute approximate surface area is 297 Å². The molecule has 0 unspecified atom stereocenters. The molecule has 4 N–H and O–H groups in total. The molecule has 0 spiro atoms. The van der Waals surface area contributed by atoms with Crippen molar-refractivity contribution >= 4 is 29.4 Å². The lowest BCUT2D eigenvalue weighted by molar-refractivity contribution is -0.245. The minimum Gasteiger partial charge on any atom is -0.392 e. The van der Waals surface area contributed by atoms with Crippen molar-refractivity contribution < 1.29 is 24.2 Å². The summed E-state index contributed by atoms with van der Waals surface area (Å²) in [5, 5.41) is 18.2. The van der Waals surface area contributed by atoms with E-state index in [0.717, 1.165) is 55.3 Å². The van der Waals surface area contributed by atoms with Gasteiger partial charge in [-0.2, -0.15) is 0 Å². The maximum absolute atomic E-state index is 12.5. The fraction of sp³-hybridized carbons (Fsp3) is 0.220. The van der Waals surface area contributed by atoms with Crippen LogP contribution in [-0.2, 0) is 34.0 Å². The number of anilines is 1. The first kappa shape index (κ1) is 34.9. The quantitative estimate of drug-likeness (QED) is 0.0987. The molecule has 5 aromatic rings. The average Bonchev–Trinajstić information content (AvgIpc) is 3.16. The molecule has 5 aromatic carbocycles. The highest BCUT2D eigenvalue weighted by molar-refractivity contribution is 7.99. The van der Waals surface area contributed by atoms with Crippen LogP contribution in [0.3, 0.4) is 0 Å². The molecular weight excluding hydrogens is 647 g/mol. The Morgan fingerprint density at radius 2 is 1.40 bits per heavy atom. The molecule has 256 valence electrons. The molecule has 0 bridgehead atoms. The molecule has 8 nitrogen and oxygen atoms in total. The number of aliphatic hydroxyl groups is 1. The zero-order valence-corrected chi connectivity index (χ0v) is 28.7. The molecule has 1 fully saturated rings. The van der Waals surface area contributed by atoms with E-state index in [2.05, 4.69) is 40.2 Å². The number of aliphatic hydroxyl groups excluding tert-OH is 1. The van der Waals surface area contributed by atoms with Crippen molar-refractivity contribution in [3.63, 3.8) is 0 Å². The number of urea groups is 1. The van der Waals surface area contributed by atoms with Gasteiger partial charge in [0.25, 0.3) is 0 Å². The first-order chi connectivity index (χ1) is 24.4. The summed E-state index contributed by atoms with van der Waals surface area (Å²) >= 11 is 1.70. The highest BCUT2D eigenvalue weighted by Crippen LogP contribution is 2.40. The van der Waals surface area contributed by atoms with Gasteiger partial charge in [-0.1, -0.05) is 91.0 Å². The first-order valence-electron chi connectivity index (χ1n) is 16.7. The lowest BCUT2D eigenvalue weighted by atomic mass is 9.99. The first-order valence-corrected chi connectivity index (χ1v) is 17.7. The summed E-state index contributed by atoms with van der Waals surface area (Å²) in [6.07, 6.45) is -0.195. The number of benzene rings is 5. The highest BCUT2D eigenvalue weighted by atomic mass is 32.2. The molecule has 0 aliphatic carbocycles. The summed E-state index contributed by atoms with van der Waals surface area (Å²) in [4.78, 5) is 24.9. The maximum atomic E-state index is 12.5. The van der Waals surface area contributed by atoms with Crippen LogP contribution in [0.1, 0.15) is 53.6 Å². The van der Waals surface area contributed by atoms with E-state index < -0.39 is 6.29 Å². The van der Waals surface area contributed by atoms with E-state index in [0.29, 0.717) is 19.5 Å². The van der Waals surface area contributed by atoms with Gasteiger partial charge in [-0.15, -0.1) is 11.8 Å². The molecular formula is C41H41N3O5S. The van der Waals surface area contributed by atoms with Crippen LogP contribution in [0.4, 0.5) is 10.5 Å². The van der Waals surface area contributed by atoms with Crippen LogP contribution >= 0.6 is 11.8 Å². The van der Waals surface area contributed by atoms with Crippen LogP contribution in [-0.4, -0.2) is 28.9 Å².